The fourth-order valence-corrected chi connectivity index (χ4v) is 5.25. The lowest BCUT2D eigenvalue weighted by atomic mass is 10.3. The summed E-state index contributed by atoms with van der Waals surface area (Å²) < 4.78 is 37.1. The molecule has 2 aromatic rings. The van der Waals surface area contributed by atoms with Gasteiger partial charge in [0.15, 0.2) is 6.67 Å². The molecule has 2 heterocycles. The van der Waals surface area contributed by atoms with Gasteiger partial charge in [-0.3, -0.25) is 0 Å². The molecule has 152 valence electrons. The second kappa shape index (κ2) is 7.58. The second-order valence-corrected chi connectivity index (χ2v) is 9.76. The van der Waals surface area contributed by atoms with Gasteiger partial charge in [-0.25, -0.2) is 8.42 Å². The zero-order valence-electron chi connectivity index (χ0n) is 16.2. The smallest absolute Gasteiger partial charge is 0.243 e. The quantitative estimate of drug-likeness (QED) is 0.679. The largest absolute Gasteiger partial charge is 0.497 e. The van der Waals surface area contributed by atoms with Crippen LogP contribution in [0.4, 0.5) is 0 Å². The van der Waals surface area contributed by atoms with Crippen molar-refractivity contribution in [2.24, 2.45) is 7.05 Å². The third-order valence-corrected chi connectivity index (χ3v) is 7.91. The average Bonchev–Trinajstić information content (AvgIpc) is 3.51. The van der Waals surface area contributed by atoms with Gasteiger partial charge < -0.3 is 14.2 Å². The Bertz CT molecular complexity index is 1000. The number of methoxy groups -OCH3 is 1. The monoisotopic (exact) mass is 424 g/mol. The standard InChI is InChI=1S/C18H25N5O3S2/c1-20-17(14-3-4-14)19-23(18(20)27)13-21-9-11-22(12-10-21)28(24,25)16-7-5-15(26-2)6-8-16/h5-8,14H,3-4,9-13H2,1-2H3/p+1. The first kappa shape index (κ1) is 19.6. The predicted octanol–water partition coefficient (Wildman–Crippen LogP) is 0.384. The maximum atomic E-state index is 12.9. The first-order valence-corrected chi connectivity index (χ1v) is 11.4. The summed E-state index contributed by atoms with van der Waals surface area (Å²) in [5, 5.41) is 4.71. The van der Waals surface area contributed by atoms with Crippen molar-refractivity contribution in [3.8, 4) is 5.75 Å². The van der Waals surface area contributed by atoms with E-state index in [1.165, 1.54) is 17.7 Å². The number of aromatic nitrogens is 3. The maximum Gasteiger partial charge on any atom is 0.243 e. The first-order chi connectivity index (χ1) is 13.4. The van der Waals surface area contributed by atoms with Crippen molar-refractivity contribution in [1.82, 2.24) is 18.7 Å². The minimum atomic E-state index is -3.48. The van der Waals surface area contributed by atoms with Gasteiger partial charge in [0.1, 0.15) is 11.6 Å². The highest BCUT2D eigenvalue weighted by molar-refractivity contribution is 7.89. The van der Waals surface area contributed by atoms with Crippen LogP contribution in [-0.2, 0) is 23.7 Å². The number of quaternary nitrogens is 1. The van der Waals surface area contributed by atoms with Gasteiger partial charge in [-0.15, -0.1) is 0 Å². The predicted molar refractivity (Wildman–Crippen MR) is 106 cm³/mol. The third kappa shape index (κ3) is 3.73. The van der Waals surface area contributed by atoms with Crippen LogP contribution in [0.3, 0.4) is 0 Å². The third-order valence-electron chi connectivity index (χ3n) is 5.52. The summed E-state index contributed by atoms with van der Waals surface area (Å²) in [7, 11) is 0.0631. The van der Waals surface area contributed by atoms with Crippen molar-refractivity contribution in [3.05, 3.63) is 34.9 Å². The van der Waals surface area contributed by atoms with Crippen LogP contribution >= 0.6 is 12.2 Å². The molecule has 28 heavy (non-hydrogen) atoms. The lowest BCUT2D eigenvalue weighted by molar-refractivity contribution is -0.926. The molecule has 1 aliphatic heterocycles. The van der Waals surface area contributed by atoms with Gasteiger partial charge in [-0.2, -0.15) is 14.1 Å². The number of sulfonamides is 1. The van der Waals surface area contributed by atoms with Crippen LogP contribution in [0.1, 0.15) is 24.6 Å². The van der Waals surface area contributed by atoms with Crippen LogP contribution < -0.4 is 9.64 Å². The highest BCUT2D eigenvalue weighted by Gasteiger charge is 2.32. The van der Waals surface area contributed by atoms with Gasteiger partial charge in [-0.1, -0.05) is 0 Å². The van der Waals surface area contributed by atoms with E-state index in [4.69, 9.17) is 22.1 Å². The van der Waals surface area contributed by atoms with Crippen LogP contribution in [0.25, 0.3) is 0 Å². The van der Waals surface area contributed by atoms with Crippen molar-refractivity contribution < 1.29 is 18.1 Å². The number of benzene rings is 1. The summed E-state index contributed by atoms with van der Waals surface area (Å²) in [6.07, 6.45) is 2.38. The highest BCUT2D eigenvalue weighted by Crippen LogP contribution is 2.38. The molecule has 0 radical (unpaired) electrons. The molecule has 1 saturated carbocycles. The summed E-state index contributed by atoms with van der Waals surface area (Å²) in [6.45, 7) is 3.10. The number of hydrogen-bond donors (Lipinski definition) is 1. The Morgan fingerprint density at radius 3 is 2.43 bits per heavy atom. The lowest BCUT2D eigenvalue weighted by Gasteiger charge is -2.31. The van der Waals surface area contributed by atoms with Crippen molar-refractivity contribution in [1.29, 1.82) is 0 Å². The van der Waals surface area contributed by atoms with Crippen LogP contribution in [0, 0.1) is 4.77 Å². The Morgan fingerprint density at radius 2 is 1.86 bits per heavy atom. The molecule has 1 saturated heterocycles. The molecule has 0 amide bonds. The zero-order chi connectivity index (χ0) is 19.9. The summed E-state index contributed by atoms with van der Waals surface area (Å²) in [5.74, 6) is 2.27. The summed E-state index contributed by atoms with van der Waals surface area (Å²) >= 11 is 5.53. The van der Waals surface area contributed by atoms with Gasteiger partial charge in [-0.05, 0) is 49.3 Å². The molecule has 1 aromatic heterocycles. The van der Waals surface area contributed by atoms with E-state index in [1.54, 1.807) is 35.7 Å². The maximum absolute atomic E-state index is 12.9. The molecule has 2 fully saturated rings. The van der Waals surface area contributed by atoms with Gasteiger partial charge >= 0.3 is 0 Å². The van der Waals surface area contributed by atoms with Crippen LogP contribution in [0.2, 0.25) is 0 Å². The minimum absolute atomic E-state index is 0.303. The van der Waals surface area contributed by atoms with E-state index < -0.39 is 10.0 Å². The summed E-state index contributed by atoms with van der Waals surface area (Å²) in [5.41, 5.74) is 0. The van der Waals surface area contributed by atoms with Crippen molar-refractivity contribution in [3.63, 3.8) is 0 Å². The minimum Gasteiger partial charge on any atom is -0.497 e. The summed E-state index contributed by atoms with van der Waals surface area (Å²) in [6, 6.07) is 6.55. The molecule has 8 nitrogen and oxygen atoms in total. The average molecular weight is 425 g/mol. The molecule has 1 aromatic carbocycles. The van der Waals surface area contributed by atoms with E-state index in [-0.39, 0.29) is 0 Å². The lowest BCUT2D eigenvalue weighted by Crippen LogP contribution is -3.14. The number of piperazine rings is 1. The highest BCUT2D eigenvalue weighted by atomic mass is 32.2. The molecule has 4 rings (SSSR count). The molecule has 1 N–H and O–H groups in total. The molecule has 0 unspecified atom stereocenters. The Kier molecular flexibility index (Phi) is 5.30. The number of rotatable bonds is 6. The fraction of sp³-hybridized carbons (Fsp3) is 0.556. The first-order valence-electron chi connectivity index (χ1n) is 9.51. The van der Waals surface area contributed by atoms with E-state index in [2.05, 4.69) is 0 Å². The van der Waals surface area contributed by atoms with E-state index in [0.717, 1.165) is 23.7 Å². The zero-order valence-corrected chi connectivity index (χ0v) is 17.8. The molecular weight excluding hydrogens is 398 g/mol. The van der Waals surface area contributed by atoms with Crippen molar-refractivity contribution >= 4 is 22.2 Å². The fourth-order valence-electron chi connectivity index (χ4n) is 3.61. The molecule has 0 spiro atoms. The Balaban J connectivity index is 1.40. The van der Waals surface area contributed by atoms with E-state index in [0.29, 0.717) is 36.3 Å². The van der Waals surface area contributed by atoms with E-state index in [1.807, 2.05) is 16.3 Å². The normalized spacial score (nSPS) is 19.1. The number of nitrogens with one attached hydrogen (secondary N) is 1. The van der Waals surface area contributed by atoms with Gasteiger partial charge in [0, 0.05) is 13.0 Å². The molecule has 0 bridgehead atoms. The SMILES string of the molecule is COc1ccc(S(=O)(=O)N2CC[NH+](Cn3nc(C4CC4)n(C)c3=S)CC2)cc1. The molecule has 10 heteroatoms. The Morgan fingerprint density at radius 1 is 1.21 bits per heavy atom. The van der Waals surface area contributed by atoms with E-state index >= 15 is 0 Å². The van der Waals surface area contributed by atoms with Crippen molar-refractivity contribution in [2.75, 3.05) is 33.3 Å². The Labute approximate surface area is 170 Å². The van der Waals surface area contributed by atoms with Gasteiger partial charge in [0.2, 0.25) is 14.8 Å². The Hall–Kier alpha value is -1.75. The second-order valence-electron chi connectivity index (χ2n) is 7.46. The van der Waals surface area contributed by atoms with Crippen LogP contribution in [0.15, 0.2) is 29.2 Å². The van der Waals surface area contributed by atoms with Crippen LogP contribution in [-0.4, -0.2) is 60.4 Å². The number of ether oxygens (including phenoxy) is 1. The van der Waals surface area contributed by atoms with Crippen LogP contribution in [0.5, 0.6) is 5.75 Å². The van der Waals surface area contributed by atoms with Gasteiger partial charge in [0.05, 0.1) is 38.2 Å². The molecule has 0 atom stereocenters. The number of nitrogens with zero attached hydrogens (tertiary/aromatic N) is 4. The van der Waals surface area contributed by atoms with Gasteiger partial charge in [0.25, 0.3) is 0 Å². The topological polar surface area (TPSA) is 73.8 Å². The molecule has 2 aliphatic rings. The molecular formula is C18H26N5O3S2+. The summed E-state index contributed by atoms with van der Waals surface area (Å²) in [4.78, 5) is 1.59. The van der Waals surface area contributed by atoms with Crippen molar-refractivity contribution in [2.45, 2.75) is 30.3 Å². The van der Waals surface area contributed by atoms with E-state index in [9.17, 15) is 8.42 Å². The number of hydrogen-bond acceptors (Lipinski definition) is 5. The molecule has 1 aliphatic carbocycles.